The summed E-state index contributed by atoms with van der Waals surface area (Å²) < 4.78 is 10.5. The van der Waals surface area contributed by atoms with E-state index in [-0.39, 0.29) is 23.7 Å². The fourth-order valence-corrected chi connectivity index (χ4v) is 4.11. The molecule has 2 heterocycles. The summed E-state index contributed by atoms with van der Waals surface area (Å²) in [6.45, 7) is 5.99. The van der Waals surface area contributed by atoms with E-state index in [9.17, 15) is 9.59 Å². The van der Waals surface area contributed by atoms with Gasteiger partial charge in [-0.2, -0.15) is 4.98 Å². The zero-order valence-electron chi connectivity index (χ0n) is 16.3. The van der Waals surface area contributed by atoms with Crippen LogP contribution < -0.4 is 10.1 Å². The van der Waals surface area contributed by atoms with Crippen molar-refractivity contribution in [3.05, 3.63) is 52.1 Å². The number of ether oxygens (including phenoxy) is 1. The molecule has 0 unspecified atom stereocenters. The molecule has 2 aromatic heterocycles. The van der Waals surface area contributed by atoms with E-state index in [0.717, 1.165) is 12.1 Å². The first-order valence-corrected chi connectivity index (χ1v) is 9.97. The topological polar surface area (TPSA) is 107 Å². The van der Waals surface area contributed by atoms with E-state index >= 15 is 0 Å². The van der Waals surface area contributed by atoms with Crippen molar-refractivity contribution in [2.24, 2.45) is 5.41 Å². The molecule has 1 amide bonds. The molecule has 1 N–H and O–H groups in total. The Balaban J connectivity index is 1.39. The molecule has 1 aliphatic rings. The third kappa shape index (κ3) is 4.34. The summed E-state index contributed by atoms with van der Waals surface area (Å²) in [4.78, 5) is 34.0. The van der Waals surface area contributed by atoms with Gasteiger partial charge in [-0.05, 0) is 36.1 Å². The van der Waals surface area contributed by atoms with E-state index in [1.807, 2.05) is 0 Å². The number of carbonyl (C=O) groups excluding carboxylic acids is 2. The number of amides is 1. The number of hydrogen-bond acceptors (Lipinski definition) is 8. The summed E-state index contributed by atoms with van der Waals surface area (Å²) in [5, 5.41) is 6.99. The number of Topliss-reactive ketones (excluding diaryl/α,β-unsaturated/α-hetero) is 1. The van der Waals surface area contributed by atoms with Crippen molar-refractivity contribution >= 4 is 28.2 Å². The molecule has 29 heavy (non-hydrogen) atoms. The highest BCUT2D eigenvalue weighted by atomic mass is 32.1. The minimum Gasteiger partial charge on any atom is -0.485 e. The number of ketones is 1. The number of aryl methyl sites for hydroxylation is 1. The van der Waals surface area contributed by atoms with E-state index in [1.54, 1.807) is 31.2 Å². The average molecular weight is 412 g/mol. The third-order valence-corrected chi connectivity index (χ3v) is 5.56. The molecule has 150 valence electrons. The lowest BCUT2D eigenvalue weighted by molar-refractivity contribution is 0.0915. The van der Waals surface area contributed by atoms with Crippen LogP contribution in [0.3, 0.4) is 0 Å². The third-order valence-electron chi connectivity index (χ3n) is 4.51. The molecule has 0 aliphatic heterocycles. The molecule has 1 aromatic carbocycles. The van der Waals surface area contributed by atoms with Crippen LogP contribution >= 0.6 is 11.3 Å². The summed E-state index contributed by atoms with van der Waals surface area (Å²) >= 11 is 1.24. The number of carbonyl (C=O) groups is 2. The van der Waals surface area contributed by atoms with Crippen molar-refractivity contribution in [2.75, 3.05) is 5.32 Å². The number of nitrogens with zero attached hydrogens (tertiary/aromatic N) is 3. The van der Waals surface area contributed by atoms with Gasteiger partial charge in [0.15, 0.2) is 17.5 Å². The predicted octanol–water partition coefficient (Wildman–Crippen LogP) is 3.82. The first-order chi connectivity index (χ1) is 13.8. The van der Waals surface area contributed by atoms with Gasteiger partial charge in [-0.1, -0.05) is 30.3 Å². The van der Waals surface area contributed by atoms with Crippen molar-refractivity contribution in [3.8, 4) is 5.75 Å². The standard InChI is InChI=1S/C20H20N4O4S/c1-11-21-16(24-28-11)10-27-13-6-4-12(5-7-13)18(26)23-19-22-14-8-20(2,3)9-15(25)17(14)29-19/h4-7H,8-10H2,1-3H3,(H,22,23,26). The molecule has 0 bridgehead atoms. The van der Waals surface area contributed by atoms with Gasteiger partial charge < -0.3 is 9.26 Å². The average Bonchev–Trinajstić information content (AvgIpc) is 3.25. The largest absolute Gasteiger partial charge is 0.485 e. The SMILES string of the molecule is Cc1nc(COc2ccc(C(=O)Nc3nc4c(s3)C(=O)CC(C)(C)C4)cc2)no1. The maximum atomic E-state index is 12.5. The van der Waals surface area contributed by atoms with Crippen LogP contribution in [0.1, 0.15) is 57.7 Å². The Morgan fingerprint density at radius 1 is 1.24 bits per heavy atom. The lowest BCUT2D eigenvalue weighted by atomic mass is 9.78. The van der Waals surface area contributed by atoms with Gasteiger partial charge in [-0.25, -0.2) is 4.98 Å². The minimum absolute atomic E-state index is 0.0903. The second-order valence-corrected chi connectivity index (χ2v) is 8.73. The molecule has 0 atom stereocenters. The number of fused-ring (bicyclic) bond motifs is 1. The highest BCUT2D eigenvalue weighted by Gasteiger charge is 2.34. The number of rotatable bonds is 5. The van der Waals surface area contributed by atoms with Crippen LogP contribution in [0.15, 0.2) is 28.8 Å². The van der Waals surface area contributed by atoms with E-state index in [1.165, 1.54) is 11.3 Å². The Morgan fingerprint density at radius 2 is 2.00 bits per heavy atom. The molecule has 0 saturated carbocycles. The smallest absolute Gasteiger partial charge is 0.257 e. The molecule has 8 nitrogen and oxygen atoms in total. The van der Waals surface area contributed by atoms with Crippen molar-refractivity contribution in [2.45, 2.75) is 40.2 Å². The highest BCUT2D eigenvalue weighted by Crippen LogP contribution is 2.38. The first kappa shape index (κ1) is 19.3. The highest BCUT2D eigenvalue weighted by molar-refractivity contribution is 7.17. The molecule has 3 aromatic rings. The second-order valence-electron chi connectivity index (χ2n) is 7.73. The Kier molecular flexibility index (Phi) is 4.91. The normalized spacial score (nSPS) is 15.1. The van der Waals surface area contributed by atoms with E-state index in [4.69, 9.17) is 9.26 Å². The molecular formula is C20H20N4O4S. The van der Waals surface area contributed by atoms with Gasteiger partial charge in [-0.15, -0.1) is 0 Å². The van der Waals surface area contributed by atoms with Crippen molar-refractivity contribution in [1.82, 2.24) is 15.1 Å². The van der Waals surface area contributed by atoms with Crippen LogP contribution in [-0.2, 0) is 13.0 Å². The quantitative estimate of drug-likeness (QED) is 0.679. The molecule has 0 spiro atoms. The first-order valence-electron chi connectivity index (χ1n) is 9.15. The maximum absolute atomic E-state index is 12.5. The van der Waals surface area contributed by atoms with Gasteiger partial charge in [0.05, 0.1) is 10.6 Å². The maximum Gasteiger partial charge on any atom is 0.257 e. The van der Waals surface area contributed by atoms with Gasteiger partial charge in [0.25, 0.3) is 5.91 Å². The molecule has 0 saturated heterocycles. The molecule has 4 rings (SSSR count). The fourth-order valence-electron chi connectivity index (χ4n) is 3.19. The molecule has 0 radical (unpaired) electrons. The Morgan fingerprint density at radius 3 is 2.69 bits per heavy atom. The summed E-state index contributed by atoms with van der Waals surface area (Å²) in [6, 6.07) is 6.71. The summed E-state index contributed by atoms with van der Waals surface area (Å²) in [6.07, 6.45) is 1.23. The van der Waals surface area contributed by atoms with Crippen LogP contribution in [0.4, 0.5) is 5.13 Å². The van der Waals surface area contributed by atoms with Crippen LogP contribution in [0.2, 0.25) is 0 Å². The second kappa shape index (κ2) is 7.40. The molecule has 0 fully saturated rings. The van der Waals surface area contributed by atoms with Crippen molar-refractivity contribution in [3.63, 3.8) is 0 Å². The number of hydrogen-bond donors (Lipinski definition) is 1. The molecular weight excluding hydrogens is 392 g/mol. The van der Waals surface area contributed by atoms with Gasteiger partial charge in [-0.3, -0.25) is 14.9 Å². The van der Waals surface area contributed by atoms with Crippen LogP contribution in [-0.4, -0.2) is 26.8 Å². The number of benzene rings is 1. The summed E-state index contributed by atoms with van der Waals surface area (Å²) in [7, 11) is 0. The monoisotopic (exact) mass is 412 g/mol. The number of thiazole rings is 1. The van der Waals surface area contributed by atoms with Crippen molar-refractivity contribution in [1.29, 1.82) is 0 Å². The Hall–Kier alpha value is -3.07. The Labute approximate surface area is 171 Å². The lowest BCUT2D eigenvalue weighted by Gasteiger charge is -2.26. The van der Waals surface area contributed by atoms with E-state index < -0.39 is 0 Å². The number of nitrogens with one attached hydrogen (secondary N) is 1. The van der Waals surface area contributed by atoms with Crippen LogP contribution in [0, 0.1) is 12.3 Å². The van der Waals surface area contributed by atoms with Gasteiger partial charge in [0.1, 0.15) is 5.75 Å². The van der Waals surface area contributed by atoms with Gasteiger partial charge in [0, 0.05) is 18.9 Å². The number of anilines is 1. The molecule has 1 aliphatic carbocycles. The molecule has 9 heteroatoms. The predicted molar refractivity (Wildman–Crippen MR) is 106 cm³/mol. The minimum atomic E-state index is -0.289. The van der Waals surface area contributed by atoms with Crippen molar-refractivity contribution < 1.29 is 18.8 Å². The van der Waals surface area contributed by atoms with E-state index in [0.29, 0.717) is 39.5 Å². The lowest BCUT2D eigenvalue weighted by Crippen LogP contribution is -2.26. The summed E-state index contributed by atoms with van der Waals surface area (Å²) in [5.74, 6) is 1.32. The zero-order chi connectivity index (χ0) is 20.6. The van der Waals surface area contributed by atoms with Crippen LogP contribution in [0.5, 0.6) is 5.75 Å². The van der Waals surface area contributed by atoms with Gasteiger partial charge >= 0.3 is 0 Å². The fraction of sp³-hybridized carbons (Fsp3) is 0.350. The summed E-state index contributed by atoms with van der Waals surface area (Å²) in [5.41, 5.74) is 1.13. The Bertz CT molecular complexity index is 1070. The van der Waals surface area contributed by atoms with E-state index in [2.05, 4.69) is 34.3 Å². The zero-order valence-corrected chi connectivity index (χ0v) is 17.1. The van der Waals surface area contributed by atoms with Gasteiger partial charge in [0.2, 0.25) is 11.7 Å². The number of aromatic nitrogens is 3. The van der Waals surface area contributed by atoms with Crippen LogP contribution in [0.25, 0.3) is 0 Å².